The first-order valence-electron chi connectivity index (χ1n) is 19.3. The lowest BCUT2D eigenvalue weighted by molar-refractivity contribution is -0.141. The molecule has 0 bridgehead atoms. The van der Waals surface area contributed by atoms with Crippen LogP contribution in [0.15, 0.2) is 84.9 Å². The van der Waals surface area contributed by atoms with Crippen molar-refractivity contribution < 1.29 is 28.6 Å². The summed E-state index contributed by atoms with van der Waals surface area (Å²) in [5, 5.41) is 3.74. The Morgan fingerprint density at radius 3 is 1.90 bits per heavy atom. The van der Waals surface area contributed by atoms with Gasteiger partial charge in [-0.2, -0.15) is 0 Å². The molecule has 8 nitrogen and oxygen atoms in total. The normalized spacial score (nSPS) is 16.5. The Morgan fingerprint density at radius 1 is 0.769 bits per heavy atom. The Labute approximate surface area is 310 Å². The molecule has 280 valence electrons. The van der Waals surface area contributed by atoms with Gasteiger partial charge in [-0.15, -0.1) is 0 Å². The number of carbonyl (C=O) groups is 3. The topological polar surface area (TPSA) is 94.2 Å². The summed E-state index contributed by atoms with van der Waals surface area (Å²) in [6, 6.07) is 27.1. The van der Waals surface area contributed by atoms with E-state index < -0.39 is 17.4 Å². The Kier molecular flexibility index (Phi) is 14.7. The highest BCUT2D eigenvalue weighted by Crippen LogP contribution is 2.47. The number of hydrogen-bond donors (Lipinski definition) is 1. The molecule has 1 heterocycles. The molecule has 0 radical (unpaired) electrons. The number of ether oxygens (including phenoxy) is 3. The first-order valence-corrected chi connectivity index (χ1v) is 19.3. The monoisotopic (exact) mass is 710 g/mol. The number of rotatable bonds is 18. The number of nitrogens with one attached hydrogen (secondary N) is 1. The van der Waals surface area contributed by atoms with E-state index in [0.717, 1.165) is 51.7 Å². The van der Waals surface area contributed by atoms with Gasteiger partial charge in [0.1, 0.15) is 13.2 Å². The molecule has 0 amide bonds. The number of likely N-dealkylation sites (tertiary alicyclic amines) is 1. The maximum Gasteiger partial charge on any atom is 0.338 e. The molecule has 0 unspecified atom stereocenters. The first-order chi connectivity index (χ1) is 25.3. The minimum absolute atomic E-state index is 0.0988. The van der Waals surface area contributed by atoms with E-state index in [1.54, 1.807) is 24.3 Å². The van der Waals surface area contributed by atoms with E-state index in [1.165, 1.54) is 50.5 Å². The molecule has 0 atom stereocenters. The fraction of sp³-hybridized carbons (Fsp3) is 0.523. The van der Waals surface area contributed by atoms with Gasteiger partial charge in [-0.05, 0) is 113 Å². The summed E-state index contributed by atoms with van der Waals surface area (Å²) in [7, 11) is 1.40. The summed E-state index contributed by atoms with van der Waals surface area (Å²) in [6.45, 7) is 5.56. The van der Waals surface area contributed by atoms with Crippen LogP contribution in [0.25, 0.3) is 0 Å². The highest BCUT2D eigenvalue weighted by atomic mass is 16.5. The summed E-state index contributed by atoms with van der Waals surface area (Å²) >= 11 is 0. The van der Waals surface area contributed by atoms with E-state index in [4.69, 9.17) is 14.2 Å². The Hall–Kier alpha value is -4.17. The number of aryl methyl sites for hydroxylation is 1. The summed E-state index contributed by atoms with van der Waals surface area (Å²) in [5.74, 6) is -1.09. The van der Waals surface area contributed by atoms with Crippen molar-refractivity contribution in [2.45, 2.75) is 96.4 Å². The van der Waals surface area contributed by atoms with Gasteiger partial charge in [0.05, 0.1) is 18.2 Å². The van der Waals surface area contributed by atoms with Crippen molar-refractivity contribution in [3.8, 4) is 0 Å². The van der Waals surface area contributed by atoms with Crippen LogP contribution >= 0.6 is 0 Å². The highest BCUT2D eigenvalue weighted by Gasteiger charge is 2.39. The molecule has 5 rings (SSSR count). The zero-order valence-electron chi connectivity index (χ0n) is 31.3. The number of piperidine rings is 1. The maximum absolute atomic E-state index is 13.3. The largest absolute Gasteiger partial charge is 0.469 e. The molecule has 1 saturated carbocycles. The van der Waals surface area contributed by atoms with Gasteiger partial charge in [0.25, 0.3) is 0 Å². The molecule has 1 N–H and O–H groups in total. The summed E-state index contributed by atoms with van der Waals surface area (Å²) < 4.78 is 17.0. The standard InChI is InChI=1S/C44H58N2O6/c1-35-18-20-38(21-19-35)45-39-22-30-46(31-23-39)32-29-43(24-10-5-11-25-43)27-28-44(26-12-17-40(47)50-2,33-51-41(48)36-13-6-3-7-14-36)34-52-42(49)37-15-8-4-9-16-37/h3-4,6-9,13-16,18-21,39,45H,5,10-12,17,22-34H2,1-2H3. The second-order valence-electron chi connectivity index (χ2n) is 15.3. The quantitative estimate of drug-likeness (QED) is 0.103. The SMILES string of the molecule is COC(=O)CCCC(CCC1(CCN2CCC(Nc3ccc(C)cc3)CC2)CCCCC1)(COC(=O)c1ccccc1)COC(=O)c1ccccc1. The number of nitrogens with zero attached hydrogens (tertiary/aromatic N) is 1. The van der Waals surface area contributed by atoms with Crippen molar-refractivity contribution in [3.63, 3.8) is 0 Å². The number of hydrogen-bond acceptors (Lipinski definition) is 8. The predicted octanol–water partition coefficient (Wildman–Crippen LogP) is 9.04. The van der Waals surface area contributed by atoms with Crippen molar-refractivity contribution in [2.75, 3.05) is 45.3 Å². The number of carbonyl (C=O) groups excluding carboxylic acids is 3. The van der Waals surface area contributed by atoms with Crippen molar-refractivity contribution in [1.82, 2.24) is 4.90 Å². The van der Waals surface area contributed by atoms with Gasteiger partial charge in [-0.1, -0.05) is 73.4 Å². The van der Waals surface area contributed by atoms with Crippen LogP contribution in [0.4, 0.5) is 5.69 Å². The molecule has 1 aliphatic carbocycles. The fourth-order valence-electron chi connectivity index (χ4n) is 7.96. The van der Waals surface area contributed by atoms with E-state index in [2.05, 4.69) is 41.4 Å². The van der Waals surface area contributed by atoms with Crippen LogP contribution in [0, 0.1) is 17.8 Å². The molecule has 8 heteroatoms. The first kappa shape index (κ1) is 39.0. The van der Waals surface area contributed by atoms with Crippen LogP contribution in [0.3, 0.4) is 0 Å². The van der Waals surface area contributed by atoms with Crippen molar-refractivity contribution in [3.05, 3.63) is 102 Å². The zero-order valence-corrected chi connectivity index (χ0v) is 31.3. The number of benzene rings is 3. The van der Waals surface area contributed by atoms with Gasteiger partial charge in [0.15, 0.2) is 0 Å². The van der Waals surface area contributed by atoms with Gasteiger partial charge < -0.3 is 24.4 Å². The minimum Gasteiger partial charge on any atom is -0.469 e. The average Bonchev–Trinajstić information content (AvgIpc) is 3.19. The lowest BCUT2D eigenvalue weighted by Crippen LogP contribution is -2.42. The number of anilines is 1. The molecular formula is C44H58N2O6. The van der Waals surface area contributed by atoms with Gasteiger partial charge in [0.2, 0.25) is 0 Å². The second kappa shape index (κ2) is 19.6. The summed E-state index contributed by atoms with van der Waals surface area (Å²) in [6.07, 6.45) is 12.4. The Morgan fingerprint density at radius 2 is 1.35 bits per heavy atom. The molecular weight excluding hydrogens is 652 g/mol. The number of esters is 3. The van der Waals surface area contributed by atoms with Crippen LogP contribution in [0.2, 0.25) is 0 Å². The second-order valence-corrected chi connectivity index (χ2v) is 15.3. The molecule has 2 fully saturated rings. The highest BCUT2D eigenvalue weighted by molar-refractivity contribution is 5.89. The molecule has 3 aromatic carbocycles. The van der Waals surface area contributed by atoms with E-state index in [-0.39, 0.29) is 31.0 Å². The van der Waals surface area contributed by atoms with Gasteiger partial charge in [-0.3, -0.25) is 4.79 Å². The van der Waals surface area contributed by atoms with Gasteiger partial charge >= 0.3 is 17.9 Å². The van der Waals surface area contributed by atoms with Crippen molar-refractivity contribution in [2.24, 2.45) is 10.8 Å². The third-order valence-electron chi connectivity index (χ3n) is 11.4. The van der Waals surface area contributed by atoms with Crippen LogP contribution in [0.5, 0.6) is 0 Å². The lowest BCUT2D eigenvalue weighted by Gasteiger charge is -2.43. The zero-order chi connectivity index (χ0) is 36.7. The summed E-state index contributed by atoms with van der Waals surface area (Å²) in [5.41, 5.74) is 2.94. The smallest absolute Gasteiger partial charge is 0.338 e. The molecule has 0 spiro atoms. The molecule has 1 aliphatic heterocycles. The third kappa shape index (κ3) is 11.9. The molecule has 52 heavy (non-hydrogen) atoms. The minimum atomic E-state index is -0.659. The fourth-order valence-corrected chi connectivity index (χ4v) is 7.96. The maximum atomic E-state index is 13.3. The molecule has 2 aliphatic rings. The van der Waals surface area contributed by atoms with Gasteiger partial charge in [0, 0.05) is 36.7 Å². The Bertz CT molecular complexity index is 1470. The van der Waals surface area contributed by atoms with Crippen LogP contribution in [0.1, 0.15) is 110 Å². The molecule has 0 aromatic heterocycles. The molecule has 3 aromatic rings. The summed E-state index contributed by atoms with van der Waals surface area (Å²) in [4.78, 5) is 41.4. The van der Waals surface area contributed by atoms with E-state index in [1.807, 2.05) is 36.4 Å². The van der Waals surface area contributed by atoms with Crippen LogP contribution < -0.4 is 5.32 Å². The van der Waals surface area contributed by atoms with E-state index in [0.29, 0.717) is 30.0 Å². The third-order valence-corrected chi connectivity index (χ3v) is 11.4. The van der Waals surface area contributed by atoms with Crippen molar-refractivity contribution in [1.29, 1.82) is 0 Å². The average molecular weight is 711 g/mol. The molecule has 1 saturated heterocycles. The van der Waals surface area contributed by atoms with E-state index in [9.17, 15) is 14.4 Å². The van der Waals surface area contributed by atoms with E-state index >= 15 is 0 Å². The van der Waals surface area contributed by atoms with Gasteiger partial charge in [-0.25, -0.2) is 9.59 Å². The predicted molar refractivity (Wildman–Crippen MR) is 205 cm³/mol. The lowest BCUT2D eigenvalue weighted by atomic mass is 9.65. The number of methoxy groups -OCH3 is 1. The Balaban J connectivity index is 1.28. The van der Waals surface area contributed by atoms with Crippen LogP contribution in [-0.4, -0.2) is 68.8 Å². The van der Waals surface area contributed by atoms with Crippen LogP contribution in [-0.2, 0) is 19.0 Å². The van der Waals surface area contributed by atoms with Crippen molar-refractivity contribution >= 4 is 23.6 Å².